The summed E-state index contributed by atoms with van der Waals surface area (Å²) >= 11 is 0. The number of hydrogen-bond acceptors (Lipinski definition) is 4. The Morgan fingerprint density at radius 1 is 1.19 bits per heavy atom. The summed E-state index contributed by atoms with van der Waals surface area (Å²) in [4.78, 5) is 30.1. The number of nitrogens with one attached hydrogen (secondary N) is 1. The van der Waals surface area contributed by atoms with Gasteiger partial charge >= 0.3 is 0 Å². The van der Waals surface area contributed by atoms with Crippen LogP contribution in [-0.2, 0) is 16.1 Å². The lowest BCUT2D eigenvalue weighted by atomic mass is 9.71. The number of carbonyl (C=O) groups excluding carboxylic acids is 2. The first kappa shape index (κ1) is 14.2. The molecule has 3 heterocycles. The van der Waals surface area contributed by atoms with Crippen LogP contribution in [0.4, 0.5) is 0 Å². The second-order valence-corrected chi connectivity index (χ2v) is 6.37. The fourth-order valence-corrected chi connectivity index (χ4v) is 3.44. The van der Waals surface area contributed by atoms with Crippen molar-refractivity contribution in [2.24, 2.45) is 5.41 Å². The van der Waals surface area contributed by atoms with Crippen LogP contribution in [-0.4, -0.2) is 34.8 Å². The molecule has 2 amide bonds. The fraction of sp³-hybridized carbons (Fsp3) is 0.562. The van der Waals surface area contributed by atoms with E-state index in [0.717, 1.165) is 43.9 Å². The third-order valence-electron chi connectivity index (χ3n) is 4.60. The summed E-state index contributed by atoms with van der Waals surface area (Å²) in [6.07, 6.45) is 2.82. The van der Waals surface area contributed by atoms with Crippen LogP contribution < -0.4 is 5.32 Å². The van der Waals surface area contributed by atoms with Gasteiger partial charge in [0.15, 0.2) is 0 Å². The van der Waals surface area contributed by atoms with Crippen LogP contribution in [0.1, 0.15) is 37.1 Å². The van der Waals surface area contributed by atoms with E-state index in [0.29, 0.717) is 12.8 Å². The van der Waals surface area contributed by atoms with Crippen molar-refractivity contribution < 1.29 is 9.59 Å². The molecular formula is C16H21N3O2. The third-order valence-corrected chi connectivity index (χ3v) is 4.60. The van der Waals surface area contributed by atoms with Crippen molar-refractivity contribution in [1.29, 1.82) is 0 Å². The third kappa shape index (κ3) is 3.29. The van der Waals surface area contributed by atoms with E-state index in [9.17, 15) is 9.59 Å². The number of pyridine rings is 1. The van der Waals surface area contributed by atoms with Gasteiger partial charge in [0.05, 0.1) is 5.69 Å². The minimum Gasteiger partial charge on any atom is -0.297 e. The fourth-order valence-electron chi connectivity index (χ4n) is 3.44. The van der Waals surface area contributed by atoms with Gasteiger partial charge in [-0.1, -0.05) is 6.07 Å². The van der Waals surface area contributed by atoms with E-state index < -0.39 is 0 Å². The molecule has 0 bridgehead atoms. The molecule has 2 fully saturated rings. The standard InChI is InChI=1S/C16H21N3O2/c1-12-3-2-4-13(17-12)11-19-7-5-16(6-8-19)9-14(20)18-15(21)10-16/h2-4H,5-11H2,1H3,(H,18,20,21). The first-order valence-electron chi connectivity index (χ1n) is 7.52. The van der Waals surface area contributed by atoms with E-state index in [4.69, 9.17) is 0 Å². The monoisotopic (exact) mass is 287 g/mol. The highest BCUT2D eigenvalue weighted by molar-refractivity contribution is 5.98. The quantitative estimate of drug-likeness (QED) is 0.835. The van der Waals surface area contributed by atoms with Gasteiger partial charge in [0.1, 0.15) is 0 Å². The average Bonchev–Trinajstić information content (AvgIpc) is 2.40. The normalized spacial score (nSPS) is 22.3. The zero-order valence-electron chi connectivity index (χ0n) is 12.4. The van der Waals surface area contributed by atoms with E-state index in [2.05, 4.69) is 21.3 Å². The van der Waals surface area contributed by atoms with Crippen LogP contribution in [0.25, 0.3) is 0 Å². The van der Waals surface area contributed by atoms with Crippen LogP contribution in [0.3, 0.4) is 0 Å². The summed E-state index contributed by atoms with van der Waals surface area (Å²) in [5.41, 5.74) is 2.02. The van der Waals surface area contributed by atoms with Gasteiger partial charge in [-0.2, -0.15) is 0 Å². The Balaban J connectivity index is 1.60. The summed E-state index contributed by atoms with van der Waals surface area (Å²) < 4.78 is 0. The Morgan fingerprint density at radius 3 is 2.48 bits per heavy atom. The largest absolute Gasteiger partial charge is 0.297 e. The zero-order valence-corrected chi connectivity index (χ0v) is 12.4. The van der Waals surface area contributed by atoms with Gasteiger partial charge < -0.3 is 0 Å². The second kappa shape index (κ2) is 5.56. The number of aryl methyl sites for hydroxylation is 1. The molecule has 1 aromatic heterocycles. The summed E-state index contributed by atoms with van der Waals surface area (Å²) in [6.45, 7) is 4.70. The number of nitrogens with zero attached hydrogens (tertiary/aromatic N) is 2. The van der Waals surface area contributed by atoms with E-state index in [1.165, 1.54) is 0 Å². The van der Waals surface area contributed by atoms with Crippen molar-refractivity contribution in [3.05, 3.63) is 29.6 Å². The maximum Gasteiger partial charge on any atom is 0.227 e. The van der Waals surface area contributed by atoms with Crippen molar-refractivity contribution in [2.75, 3.05) is 13.1 Å². The molecule has 2 saturated heterocycles. The number of amides is 2. The van der Waals surface area contributed by atoms with E-state index in [1.54, 1.807) is 0 Å². The van der Waals surface area contributed by atoms with Crippen LogP contribution in [0.2, 0.25) is 0 Å². The lowest BCUT2D eigenvalue weighted by Crippen LogP contribution is -2.49. The number of aromatic nitrogens is 1. The van der Waals surface area contributed by atoms with Crippen LogP contribution in [0.5, 0.6) is 0 Å². The number of carbonyl (C=O) groups is 2. The van der Waals surface area contributed by atoms with Gasteiger partial charge in [-0.05, 0) is 50.4 Å². The Hall–Kier alpha value is -1.75. The molecule has 0 atom stereocenters. The highest BCUT2D eigenvalue weighted by Gasteiger charge is 2.41. The number of rotatable bonds is 2. The highest BCUT2D eigenvalue weighted by atomic mass is 16.2. The first-order chi connectivity index (χ1) is 10.0. The van der Waals surface area contributed by atoms with Crippen LogP contribution in [0, 0.1) is 12.3 Å². The van der Waals surface area contributed by atoms with E-state index in [-0.39, 0.29) is 17.2 Å². The molecule has 1 N–H and O–H groups in total. The van der Waals surface area contributed by atoms with Crippen molar-refractivity contribution in [3.8, 4) is 0 Å². The summed E-state index contributed by atoms with van der Waals surface area (Å²) in [7, 11) is 0. The molecule has 0 radical (unpaired) electrons. The van der Waals surface area contributed by atoms with Crippen molar-refractivity contribution >= 4 is 11.8 Å². The van der Waals surface area contributed by atoms with Crippen molar-refractivity contribution in [1.82, 2.24) is 15.2 Å². The molecular weight excluding hydrogens is 266 g/mol. The SMILES string of the molecule is Cc1cccc(CN2CCC3(CC2)CC(=O)NC(=O)C3)n1. The number of piperidine rings is 2. The maximum atomic E-state index is 11.6. The predicted octanol–water partition coefficient (Wildman–Crippen LogP) is 1.41. The van der Waals surface area contributed by atoms with Crippen molar-refractivity contribution in [2.45, 2.75) is 39.2 Å². The molecule has 112 valence electrons. The number of hydrogen-bond donors (Lipinski definition) is 1. The zero-order chi connectivity index (χ0) is 14.9. The van der Waals surface area contributed by atoms with Gasteiger partial charge in [-0.15, -0.1) is 0 Å². The molecule has 0 aliphatic carbocycles. The minimum absolute atomic E-state index is 0.101. The predicted molar refractivity (Wildman–Crippen MR) is 78.3 cm³/mol. The molecule has 21 heavy (non-hydrogen) atoms. The summed E-state index contributed by atoms with van der Waals surface area (Å²) in [5, 5.41) is 2.41. The molecule has 1 spiro atoms. The lowest BCUT2D eigenvalue weighted by molar-refractivity contribution is -0.139. The highest BCUT2D eigenvalue weighted by Crippen LogP contribution is 2.40. The number of imide groups is 1. The van der Waals surface area contributed by atoms with Crippen LogP contribution in [0.15, 0.2) is 18.2 Å². The molecule has 2 aliphatic rings. The Kier molecular flexibility index (Phi) is 3.76. The van der Waals surface area contributed by atoms with Gasteiger partial charge in [-0.3, -0.25) is 24.8 Å². The molecule has 0 saturated carbocycles. The van der Waals surface area contributed by atoms with Crippen LogP contribution >= 0.6 is 0 Å². The lowest BCUT2D eigenvalue weighted by Gasteiger charge is -2.42. The van der Waals surface area contributed by atoms with E-state index in [1.807, 2.05) is 19.1 Å². The first-order valence-corrected chi connectivity index (χ1v) is 7.52. The Morgan fingerprint density at radius 2 is 1.86 bits per heavy atom. The van der Waals surface area contributed by atoms with E-state index >= 15 is 0 Å². The maximum absolute atomic E-state index is 11.6. The Bertz CT molecular complexity index is 544. The molecule has 2 aliphatic heterocycles. The molecule has 5 heteroatoms. The van der Waals surface area contributed by atoms with Gasteiger partial charge in [0, 0.05) is 25.1 Å². The molecule has 5 nitrogen and oxygen atoms in total. The minimum atomic E-state index is -0.111. The van der Waals surface area contributed by atoms with Gasteiger partial charge in [0.25, 0.3) is 0 Å². The smallest absolute Gasteiger partial charge is 0.227 e. The Labute approximate surface area is 124 Å². The summed E-state index contributed by atoms with van der Waals surface area (Å²) in [5.74, 6) is -0.222. The average molecular weight is 287 g/mol. The van der Waals surface area contributed by atoms with Gasteiger partial charge in [0.2, 0.25) is 11.8 Å². The van der Waals surface area contributed by atoms with Gasteiger partial charge in [-0.25, -0.2) is 0 Å². The second-order valence-electron chi connectivity index (χ2n) is 6.37. The topological polar surface area (TPSA) is 62.3 Å². The molecule has 0 unspecified atom stereocenters. The molecule has 1 aromatic rings. The molecule has 3 rings (SSSR count). The summed E-state index contributed by atoms with van der Waals surface area (Å²) in [6, 6.07) is 6.09. The number of likely N-dealkylation sites (tertiary alicyclic amines) is 1. The van der Waals surface area contributed by atoms with Crippen molar-refractivity contribution in [3.63, 3.8) is 0 Å². The molecule has 0 aromatic carbocycles.